The number of carbonyl (C=O) groups is 4. The van der Waals surface area contributed by atoms with Crippen molar-refractivity contribution >= 4 is 24.0 Å². The lowest BCUT2D eigenvalue weighted by molar-refractivity contribution is -0.135. The zero-order valence-corrected chi connectivity index (χ0v) is 32.2. The number of hydrogen-bond donors (Lipinski definition) is 4. The summed E-state index contributed by atoms with van der Waals surface area (Å²) >= 11 is 0. The summed E-state index contributed by atoms with van der Waals surface area (Å²) in [5, 5.41) is 5.31. The van der Waals surface area contributed by atoms with Crippen LogP contribution >= 0.6 is 0 Å². The van der Waals surface area contributed by atoms with Crippen molar-refractivity contribution in [3.05, 3.63) is 108 Å². The molecular formula is C42H46N8O6. The first-order valence-corrected chi connectivity index (χ1v) is 18.4. The average molecular weight is 759 g/mol. The van der Waals surface area contributed by atoms with Crippen molar-refractivity contribution in [2.45, 2.75) is 51.9 Å². The average Bonchev–Trinajstić information content (AvgIpc) is 4.04. The van der Waals surface area contributed by atoms with E-state index in [-0.39, 0.29) is 23.7 Å². The fourth-order valence-corrected chi connectivity index (χ4v) is 6.61. The lowest BCUT2D eigenvalue weighted by Gasteiger charge is -2.29. The van der Waals surface area contributed by atoms with E-state index in [1.165, 1.54) is 14.2 Å². The number of aromatic amines is 2. The number of ether oxygens (including phenoxy) is 2. The lowest BCUT2D eigenvalue weighted by atomic mass is 10.0. The Labute approximate surface area is 325 Å². The van der Waals surface area contributed by atoms with E-state index in [4.69, 9.17) is 9.47 Å². The Morgan fingerprint density at radius 3 is 1.38 bits per heavy atom. The van der Waals surface area contributed by atoms with Crippen LogP contribution in [0.4, 0.5) is 9.59 Å². The molecule has 4 heterocycles. The molecule has 4 amide bonds. The van der Waals surface area contributed by atoms with Crippen molar-refractivity contribution in [1.82, 2.24) is 40.4 Å². The molecule has 290 valence electrons. The molecule has 2 aliphatic heterocycles. The van der Waals surface area contributed by atoms with Crippen molar-refractivity contribution in [3.63, 3.8) is 0 Å². The van der Waals surface area contributed by atoms with Gasteiger partial charge in [-0.1, -0.05) is 88.1 Å². The highest BCUT2D eigenvalue weighted by Gasteiger charge is 2.36. The van der Waals surface area contributed by atoms with Gasteiger partial charge in [0.15, 0.2) is 0 Å². The second kappa shape index (κ2) is 17.2. The molecule has 2 aliphatic rings. The zero-order chi connectivity index (χ0) is 39.9. The Balaban J connectivity index is 1.08. The molecule has 2 aromatic carbocycles. The van der Waals surface area contributed by atoms with E-state index in [1.807, 2.05) is 101 Å². The molecule has 14 heteroatoms. The standard InChI is InChI=1S/C42H46N8O6/c1-25(2)35(47-41(53)55-5)39(51)49-21-7-9-33(49)37-43-23-31(45-37)29-17-13-27(14-18-29)11-12-28-15-19-30(20-16-28)32-24-44-38(46-32)34-10-8-22-50(34)40(52)36(26(3)4)48-42(54)56-6/h7-10,13-20,23-26,33-36H,21-22H2,1-6H3,(H,43,45)(H,44,46)(H,47,53)(H,48,54). The van der Waals surface area contributed by atoms with Gasteiger partial charge >= 0.3 is 12.2 Å². The van der Waals surface area contributed by atoms with Crippen LogP contribution in [-0.2, 0) is 19.1 Å². The minimum atomic E-state index is -0.732. The van der Waals surface area contributed by atoms with Gasteiger partial charge in [0.05, 0.1) is 38.0 Å². The maximum atomic E-state index is 13.5. The first-order valence-electron chi connectivity index (χ1n) is 18.4. The molecule has 4 aromatic rings. The fraction of sp³-hybridized carbons (Fsp3) is 0.333. The molecule has 0 saturated heterocycles. The van der Waals surface area contributed by atoms with Gasteiger partial charge in [0.25, 0.3) is 0 Å². The van der Waals surface area contributed by atoms with Crippen LogP contribution in [0.25, 0.3) is 22.5 Å². The SMILES string of the molecule is COC(=O)NC(C(=O)N1CC=CC1c1ncc(-c2ccc(C#Cc3ccc(-c4cnc(C5C=CCN5C(=O)C(NC(=O)OC)C(C)C)[nH]4)cc3)cc2)[nH]1)C(C)C. The summed E-state index contributed by atoms with van der Waals surface area (Å²) in [7, 11) is 2.54. The molecule has 4 unspecified atom stereocenters. The molecule has 2 aromatic heterocycles. The normalized spacial score (nSPS) is 17.1. The van der Waals surface area contributed by atoms with Crippen LogP contribution in [0.2, 0.25) is 0 Å². The van der Waals surface area contributed by atoms with Crippen LogP contribution in [0.5, 0.6) is 0 Å². The van der Waals surface area contributed by atoms with Gasteiger partial charge in [0.1, 0.15) is 35.8 Å². The van der Waals surface area contributed by atoms with Crippen LogP contribution in [0.15, 0.2) is 85.2 Å². The number of benzene rings is 2. The molecule has 0 fully saturated rings. The number of amides is 4. The smallest absolute Gasteiger partial charge is 0.407 e. The highest BCUT2D eigenvalue weighted by molar-refractivity contribution is 5.87. The molecule has 0 radical (unpaired) electrons. The Morgan fingerprint density at radius 1 is 0.661 bits per heavy atom. The van der Waals surface area contributed by atoms with E-state index in [2.05, 4.69) is 42.4 Å². The van der Waals surface area contributed by atoms with Crippen molar-refractivity contribution < 1.29 is 28.7 Å². The number of nitrogens with zero attached hydrogens (tertiary/aromatic N) is 4. The topological polar surface area (TPSA) is 175 Å². The van der Waals surface area contributed by atoms with Gasteiger partial charge in [-0.25, -0.2) is 19.6 Å². The van der Waals surface area contributed by atoms with Gasteiger partial charge in [-0.3, -0.25) is 9.59 Å². The Hall–Kier alpha value is -6.62. The molecule has 0 aliphatic carbocycles. The number of hydrogen-bond acceptors (Lipinski definition) is 8. The third kappa shape index (κ3) is 8.68. The van der Waals surface area contributed by atoms with E-state index in [1.54, 1.807) is 22.2 Å². The van der Waals surface area contributed by atoms with Crippen molar-refractivity contribution in [2.75, 3.05) is 27.3 Å². The number of rotatable bonds is 10. The first kappa shape index (κ1) is 39.1. The van der Waals surface area contributed by atoms with E-state index >= 15 is 0 Å². The molecular weight excluding hydrogens is 713 g/mol. The van der Waals surface area contributed by atoms with Crippen LogP contribution in [0.1, 0.15) is 62.6 Å². The second-order valence-electron chi connectivity index (χ2n) is 14.2. The van der Waals surface area contributed by atoms with Crippen molar-refractivity contribution in [3.8, 4) is 34.4 Å². The van der Waals surface area contributed by atoms with Gasteiger partial charge in [-0.2, -0.15) is 0 Å². The Kier molecular flexibility index (Phi) is 12.0. The summed E-state index contributed by atoms with van der Waals surface area (Å²) in [6.07, 6.45) is 9.88. The van der Waals surface area contributed by atoms with Crippen molar-refractivity contribution in [2.24, 2.45) is 11.8 Å². The predicted octanol–water partition coefficient (Wildman–Crippen LogP) is 5.51. The minimum Gasteiger partial charge on any atom is -0.453 e. The number of H-pyrrole nitrogens is 2. The van der Waals surface area contributed by atoms with Crippen LogP contribution in [0.3, 0.4) is 0 Å². The summed E-state index contributed by atoms with van der Waals surface area (Å²) in [5.41, 5.74) is 5.13. The lowest BCUT2D eigenvalue weighted by Crippen LogP contribution is -2.51. The molecule has 0 bridgehead atoms. The fourth-order valence-electron chi connectivity index (χ4n) is 6.61. The van der Waals surface area contributed by atoms with E-state index in [0.717, 1.165) is 33.6 Å². The summed E-state index contributed by atoms with van der Waals surface area (Å²) in [6, 6.07) is 13.4. The molecule has 4 N–H and O–H groups in total. The summed E-state index contributed by atoms with van der Waals surface area (Å²) in [4.78, 5) is 70.0. The number of carbonyl (C=O) groups excluding carboxylic acids is 4. The van der Waals surface area contributed by atoms with Gasteiger partial charge in [0.2, 0.25) is 11.8 Å². The molecule has 14 nitrogen and oxygen atoms in total. The molecule has 6 rings (SSSR count). The predicted molar refractivity (Wildman–Crippen MR) is 210 cm³/mol. The summed E-state index contributed by atoms with van der Waals surface area (Å²) < 4.78 is 9.45. The number of methoxy groups -OCH3 is 2. The largest absolute Gasteiger partial charge is 0.453 e. The number of nitrogens with one attached hydrogen (secondary N) is 4. The maximum Gasteiger partial charge on any atom is 0.407 e. The second-order valence-corrected chi connectivity index (χ2v) is 14.2. The molecule has 0 saturated carbocycles. The van der Waals surface area contributed by atoms with Gasteiger partial charge < -0.3 is 39.9 Å². The van der Waals surface area contributed by atoms with Gasteiger partial charge in [-0.05, 0) is 47.2 Å². The molecule has 56 heavy (non-hydrogen) atoms. The molecule has 0 spiro atoms. The quantitative estimate of drug-likeness (QED) is 0.121. The zero-order valence-electron chi connectivity index (χ0n) is 32.2. The number of aromatic nitrogens is 4. The highest BCUT2D eigenvalue weighted by atomic mass is 16.5. The van der Waals surface area contributed by atoms with Crippen molar-refractivity contribution in [1.29, 1.82) is 0 Å². The first-order chi connectivity index (χ1) is 27.0. The Morgan fingerprint density at radius 2 is 1.04 bits per heavy atom. The van der Waals surface area contributed by atoms with Crippen LogP contribution < -0.4 is 10.6 Å². The summed E-state index contributed by atoms with van der Waals surface area (Å²) in [6.45, 7) is 8.31. The monoisotopic (exact) mass is 758 g/mol. The van der Waals surface area contributed by atoms with Gasteiger partial charge in [0, 0.05) is 24.2 Å². The number of alkyl carbamates (subject to hydrolysis) is 2. The third-order valence-electron chi connectivity index (χ3n) is 9.76. The van der Waals surface area contributed by atoms with E-state index < -0.39 is 36.4 Å². The van der Waals surface area contributed by atoms with E-state index in [9.17, 15) is 19.2 Å². The summed E-state index contributed by atoms with van der Waals surface area (Å²) in [5.74, 6) is 7.01. The molecule has 4 atom stereocenters. The Bertz CT molecular complexity index is 2020. The highest BCUT2D eigenvalue weighted by Crippen LogP contribution is 2.30. The maximum absolute atomic E-state index is 13.5. The van der Waals surface area contributed by atoms with Gasteiger partial charge in [-0.15, -0.1) is 0 Å². The third-order valence-corrected chi connectivity index (χ3v) is 9.76. The van der Waals surface area contributed by atoms with Crippen LogP contribution in [0, 0.1) is 23.7 Å². The number of imidazole rings is 2. The minimum absolute atomic E-state index is 0.136. The van der Waals surface area contributed by atoms with Crippen LogP contribution in [-0.4, -0.2) is 93.1 Å². The van der Waals surface area contributed by atoms with E-state index in [0.29, 0.717) is 24.7 Å².